The molecule has 0 spiro atoms. The van der Waals surface area contributed by atoms with Crippen molar-refractivity contribution in [1.29, 1.82) is 0 Å². The Morgan fingerprint density at radius 2 is 2.00 bits per heavy atom. The molecule has 0 saturated carbocycles. The molecule has 0 unspecified atom stereocenters. The molecule has 4 aromatic heterocycles. The van der Waals surface area contributed by atoms with E-state index >= 15 is 0 Å². The van der Waals surface area contributed by atoms with Crippen molar-refractivity contribution in [3.63, 3.8) is 0 Å². The normalized spacial score (nSPS) is 11.0. The molecule has 5 aromatic rings. The van der Waals surface area contributed by atoms with Crippen molar-refractivity contribution in [2.24, 2.45) is 0 Å². The van der Waals surface area contributed by atoms with Gasteiger partial charge in [-0.2, -0.15) is 20.1 Å². The highest BCUT2D eigenvalue weighted by atomic mass is 32.1. The molecular formula is C23H19FN8O2S. The first-order chi connectivity index (χ1) is 17.0. The number of anilines is 3. The molecule has 0 radical (unpaired) electrons. The van der Waals surface area contributed by atoms with Gasteiger partial charge in [-0.05, 0) is 48.7 Å². The van der Waals surface area contributed by atoms with Crippen LogP contribution in [0.15, 0.2) is 54.0 Å². The van der Waals surface area contributed by atoms with Crippen molar-refractivity contribution in [1.82, 2.24) is 29.7 Å². The van der Waals surface area contributed by atoms with Crippen LogP contribution < -0.4 is 11.1 Å². The van der Waals surface area contributed by atoms with Gasteiger partial charge in [0, 0.05) is 12.2 Å². The number of hydrogen-bond donors (Lipinski definition) is 2. The van der Waals surface area contributed by atoms with Gasteiger partial charge in [0.2, 0.25) is 11.9 Å². The number of rotatable bonds is 7. The number of ether oxygens (including phenoxy) is 1. The fourth-order valence-corrected chi connectivity index (χ4v) is 4.11. The van der Waals surface area contributed by atoms with Crippen LogP contribution in [0.5, 0.6) is 0 Å². The second-order valence-corrected chi connectivity index (χ2v) is 8.32. The number of aryl methyl sites for hydroxylation is 1. The Kier molecular flexibility index (Phi) is 6.02. The van der Waals surface area contributed by atoms with Crippen molar-refractivity contribution in [3.8, 4) is 10.6 Å². The predicted molar refractivity (Wildman–Crippen MR) is 130 cm³/mol. The number of aromatic nitrogens is 6. The lowest BCUT2D eigenvalue weighted by Crippen LogP contribution is -2.12. The number of thiophene rings is 1. The summed E-state index contributed by atoms with van der Waals surface area (Å²) in [6.45, 7) is 2.32. The average molecular weight is 491 g/mol. The Morgan fingerprint density at radius 1 is 1.17 bits per heavy atom. The molecule has 3 N–H and O–H groups in total. The van der Waals surface area contributed by atoms with Gasteiger partial charge in [0.25, 0.3) is 0 Å². The lowest BCUT2D eigenvalue weighted by Gasteiger charge is -2.09. The van der Waals surface area contributed by atoms with Crippen LogP contribution >= 0.6 is 11.3 Å². The van der Waals surface area contributed by atoms with E-state index in [0.717, 1.165) is 4.88 Å². The smallest absolute Gasteiger partial charge is 0.339 e. The molecular weight excluding hydrogens is 471 g/mol. The number of hydrogen-bond acceptors (Lipinski definition) is 10. The third-order valence-electron chi connectivity index (χ3n) is 5.03. The molecule has 1 aromatic carbocycles. The summed E-state index contributed by atoms with van der Waals surface area (Å²) in [6, 6.07) is 11.2. The molecule has 0 saturated heterocycles. The standard InChI is InChI=1S/C23H19FN8O2S/c1-2-32-20-16(11-26-32)15(10-17(28-20)18-4-3-9-35-18)21(33)34-12-19-29-22(25)31-23(30-19)27-14-7-5-13(24)6-8-14/h3-11H,2,12H2,1H3,(H3,25,27,29,30,31). The van der Waals surface area contributed by atoms with Gasteiger partial charge in [-0.1, -0.05) is 6.07 Å². The van der Waals surface area contributed by atoms with Crippen LogP contribution in [0.25, 0.3) is 21.6 Å². The van der Waals surface area contributed by atoms with Crippen LogP contribution in [0.1, 0.15) is 23.1 Å². The molecule has 0 aliphatic carbocycles. The lowest BCUT2D eigenvalue weighted by atomic mass is 10.1. The molecule has 12 heteroatoms. The minimum Gasteiger partial charge on any atom is -0.454 e. The van der Waals surface area contributed by atoms with Gasteiger partial charge in [0.15, 0.2) is 18.1 Å². The van der Waals surface area contributed by atoms with Gasteiger partial charge < -0.3 is 15.8 Å². The summed E-state index contributed by atoms with van der Waals surface area (Å²) in [5.74, 6) is -0.687. The van der Waals surface area contributed by atoms with E-state index in [1.54, 1.807) is 16.9 Å². The zero-order chi connectivity index (χ0) is 24.4. The number of nitrogens with zero attached hydrogens (tertiary/aromatic N) is 6. The minimum atomic E-state index is -0.571. The third kappa shape index (κ3) is 4.77. The number of nitrogen functional groups attached to an aromatic ring is 1. The highest BCUT2D eigenvalue weighted by Gasteiger charge is 2.19. The highest BCUT2D eigenvalue weighted by Crippen LogP contribution is 2.28. The summed E-state index contributed by atoms with van der Waals surface area (Å²) in [6.07, 6.45) is 1.60. The van der Waals surface area contributed by atoms with Crippen LogP contribution in [0.4, 0.5) is 22.0 Å². The quantitative estimate of drug-likeness (QED) is 0.322. The molecule has 0 aliphatic heterocycles. The SMILES string of the molecule is CCn1ncc2c(C(=O)OCc3nc(N)nc(Nc4ccc(F)cc4)n3)cc(-c3cccs3)nc21. The van der Waals surface area contributed by atoms with Crippen LogP contribution in [-0.2, 0) is 17.9 Å². The maximum Gasteiger partial charge on any atom is 0.339 e. The Morgan fingerprint density at radius 3 is 2.74 bits per heavy atom. The van der Waals surface area contributed by atoms with Gasteiger partial charge in [-0.15, -0.1) is 11.3 Å². The maximum atomic E-state index is 13.1. The number of carbonyl (C=O) groups is 1. The minimum absolute atomic E-state index is 0.0498. The Hall–Kier alpha value is -4.45. The fraction of sp³-hybridized carbons (Fsp3) is 0.130. The molecule has 0 amide bonds. The molecule has 4 heterocycles. The number of esters is 1. The van der Waals surface area contributed by atoms with Crippen LogP contribution in [0.3, 0.4) is 0 Å². The molecule has 5 rings (SSSR count). The first-order valence-corrected chi connectivity index (χ1v) is 11.5. The summed E-state index contributed by atoms with van der Waals surface area (Å²) >= 11 is 1.52. The van der Waals surface area contributed by atoms with E-state index in [4.69, 9.17) is 15.5 Å². The van der Waals surface area contributed by atoms with E-state index in [9.17, 15) is 9.18 Å². The number of nitrogens with two attached hydrogens (primary N) is 1. The fourth-order valence-electron chi connectivity index (χ4n) is 3.43. The summed E-state index contributed by atoms with van der Waals surface area (Å²) < 4.78 is 20.4. The largest absolute Gasteiger partial charge is 0.454 e. The molecule has 0 bridgehead atoms. The van der Waals surface area contributed by atoms with Crippen LogP contribution in [0.2, 0.25) is 0 Å². The van der Waals surface area contributed by atoms with E-state index in [2.05, 4.69) is 25.4 Å². The van der Waals surface area contributed by atoms with Gasteiger partial charge in [-0.25, -0.2) is 18.9 Å². The zero-order valence-corrected chi connectivity index (χ0v) is 19.3. The molecule has 0 fully saturated rings. The van der Waals surface area contributed by atoms with E-state index in [0.29, 0.717) is 34.5 Å². The number of benzene rings is 1. The maximum absolute atomic E-state index is 13.1. The number of nitrogens with one attached hydrogen (secondary N) is 1. The first-order valence-electron chi connectivity index (χ1n) is 10.6. The Labute approximate surface area is 202 Å². The van der Waals surface area contributed by atoms with Crippen molar-refractivity contribution in [2.75, 3.05) is 11.1 Å². The number of pyridine rings is 1. The molecule has 10 nitrogen and oxygen atoms in total. The Bertz CT molecular complexity index is 1500. The van der Waals surface area contributed by atoms with Crippen molar-refractivity contribution in [2.45, 2.75) is 20.1 Å². The summed E-state index contributed by atoms with van der Waals surface area (Å²) in [7, 11) is 0. The van der Waals surface area contributed by atoms with Crippen LogP contribution in [-0.4, -0.2) is 35.7 Å². The lowest BCUT2D eigenvalue weighted by molar-refractivity contribution is 0.0464. The number of fused-ring (bicyclic) bond motifs is 1. The van der Waals surface area contributed by atoms with Crippen LogP contribution in [0, 0.1) is 5.82 Å². The van der Waals surface area contributed by atoms with Crippen molar-refractivity contribution in [3.05, 3.63) is 71.2 Å². The average Bonchev–Trinajstić information content (AvgIpc) is 3.53. The van der Waals surface area contributed by atoms with Gasteiger partial charge >= 0.3 is 5.97 Å². The first kappa shape index (κ1) is 22.3. The van der Waals surface area contributed by atoms with E-state index in [-0.39, 0.29) is 30.1 Å². The van der Waals surface area contributed by atoms with Crippen molar-refractivity contribution >= 4 is 45.9 Å². The van der Waals surface area contributed by atoms with Gasteiger partial charge in [-0.3, -0.25) is 0 Å². The second-order valence-electron chi connectivity index (χ2n) is 7.37. The Balaban J connectivity index is 1.39. The summed E-state index contributed by atoms with van der Waals surface area (Å²) in [5.41, 5.74) is 7.96. The number of carbonyl (C=O) groups excluding carboxylic acids is 1. The van der Waals surface area contributed by atoms with E-state index < -0.39 is 5.97 Å². The van der Waals surface area contributed by atoms with Gasteiger partial charge in [0.05, 0.1) is 27.7 Å². The topological polar surface area (TPSA) is 134 Å². The predicted octanol–water partition coefficient (Wildman–Crippen LogP) is 4.19. The summed E-state index contributed by atoms with van der Waals surface area (Å²) in [5, 5.41) is 9.79. The van der Waals surface area contributed by atoms with E-state index in [1.807, 2.05) is 24.4 Å². The van der Waals surface area contributed by atoms with Gasteiger partial charge in [0.1, 0.15) is 5.82 Å². The zero-order valence-electron chi connectivity index (χ0n) is 18.5. The number of halogens is 1. The monoisotopic (exact) mass is 490 g/mol. The molecule has 35 heavy (non-hydrogen) atoms. The molecule has 0 atom stereocenters. The third-order valence-corrected chi connectivity index (χ3v) is 5.93. The van der Waals surface area contributed by atoms with E-state index in [1.165, 1.54) is 35.6 Å². The second kappa shape index (κ2) is 9.43. The molecule has 176 valence electrons. The summed E-state index contributed by atoms with van der Waals surface area (Å²) in [4.78, 5) is 31.0. The van der Waals surface area contributed by atoms with Crippen molar-refractivity contribution < 1.29 is 13.9 Å². The highest BCUT2D eigenvalue weighted by molar-refractivity contribution is 7.13. The molecule has 0 aliphatic rings.